The Balaban J connectivity index is 3.08. The number of hydrogen-bond acceptors (Lipinski definition) is 3. The minimum atomic E-state index is -0.513. The molecule has 0 radical (unpaired) electrons. The van der Waals surface area contributed by atoms with Crippen LogP contribution in [0.15, 0.2) is 12.2 Å². The second-order valence-corrected chi connectivity index (χ2v) is 6.64. The van der Waals surface area contributed by atoms with Crippen molar-refractivity contribution >= 4 is 0 Å². The molecule has 0 spiro atoms. The summed E-state index contributed by atoms with van der Waals surface area (Å²) in [4.78, 5) is 0. The summed E-state index contributed by atoms with van der Waals surface area (Å²) in [5, 5.41) is 26.6. The Labute approximate surface area is 143 Å². The molecule has 0 aromatic carbocycles. The molecule has 0 aliphatic rings. The fourth-order valence-electron chi connectivity index (χ4n) is 2.76. The van der Waals surface area contributed by atoms with Crippen molar-refractivity contribution in [1.82, 2.24) is 0 Å². The van der Waals surface area contributed by atoms with E-state index < -0.39 is 6.10 Å². The van der Waals surface area contributed by atoms with Gasteiger partial charge in [0.15, 0.2) is 0 Å². The highest BCUT2D eigenvalue weighted by Gasteiger charge is 2.00. The molecule has 3 heteroatoms. The largest absolute Gasteiger partial charge is 0.396 e. The molecule has 0 amide bonds. The standard InChI is InChI=1S/C20H40O3/c21-18-16-14-12-10-8-6-4-2-1-3-5-7-9-11-13-15-17-20(23)19-22/h1-2,20-23H,3-19H2/b2-1-. The normalized spacial score (nSPS) is 13.0. The number of rotatable bonds is 18. The van der Waals surface area contributed by atoms with Crippen LogP contribution in [0.5, 0.6) is 0 Å². The molecule has 0 fully saturated rings. The Morgan fingerprint density at radius 1 is 0.565 bits per heavy atom. The highest BCUT2D eigenvalue weighted by Crippen LogP contribution is 2.11. The molecule has 0 aromatic rings. The second-order valence-electron chi connectivity index (χ2n) is 6.64. The lowest BCUT2D eigenvalue weighted by Crippen LogP contribution is -2.10. The van der Waals surface area contributed by atoms with Crippen molar-refractivity contribution in [2.24, 2.45) is 0 Å². The molecule has 23 heavy (non-hydrogen) atoms. The summed E-state index contributed by atoms with van der Waals surface area (Å²) in [6, 6.07) is 0. The lowest BCUT2D eigenvalue weighted by molar-refractivity contribution is 0.0860. The molecule has 3 nitrogen and oxygen atoms in total. The molecule has 138 valence electrons. The monoisotopic (exact) mass is 328 g/mol. The number of unbranched alkanes of at least 4 members (excludes halogenated alkanes) is 12. The van der Waals surface area contributed by atoms with Gasteiger partial charge in [0.1, 0.15) is 0 Å². The molecule has 0 aliphatic carbocycles. The molecule has 1 atom stereocenters. The van der Waals surface area contributed by atoms with Gasteiger partial charge < -0.3 is 15.3 Å². The first-order chi connectivity index (χ1) is 11.3. The van der Waals surface area contributed by atoms with Gasteiger partial charge in [-0.3, -0.25) is 0 Å². The van der Waals surface area contributed by atoms with Gasteiger partial charge >= 0.3 is 0 Å². The smallest absolute Gasteiger partial charge is 0.0770 e. The van der Waals surface area contributed by atoms with E-state index in [1.54, 1.807) is 0 Å². The van der Waals surface area contributed by atoms with Crippen molar-refractivity contribution in [2.75, 3.05) is 13.2 Å². The van der Waals surface area contributed by atoms with Crippen molar-refractivity contribution in [3.63, 3.8) is 0 Å². The first-order valence-electron chi connectivity index (χ1n) is 9.86. The molecule has 3 N–H and O–H groups in total. The van der Waals surface area contributed by atoms with Crippen molar-refractivity contribution in [3.8, 4) is 0 Å². The Morgan fingerprint density at radius 2 is 1.00 bits per heavy atom. The Morgan fingerprint density at radius 3 is 1.48 bits per heavy atom. The van der Waals surface area contributed by atoms with Gasteiger partial charge in [-0.25, -0.2) is 0 Å². The summed E-state index contributed by atoms with van der Waals surface area (Å²) in [6.07, 6.45) is 22.0. The van der Waals surface area contributed by atoms with E-state index >= 15 is 0 Å². The van der Waals surface area contributed by atoms with Crippen LogP contribution in [0, 0.1) is 0 Å². The van der Waals surface area contributed by atoms with E-state index in [0.29, 0.717) is 6.61 Å². The third-order valence-electron chi connectivity index (χ3n) is 4.31. The summed E-state index contributed by atoms with van der Waals surface area (Å²) in [5.74, 6) is 0. The number of hydrogen-bond donors (Lipinski definition) is 3. The lowest BCUT2D eigenvalue weighted by Gasteiger charge is -2.05. The molecule has 0 saturated carbocycles. The zero-order chi connectivity index (χ0) is 17.0. The van der Waals surface area contributed by atoms with Gasteiger partial charge in [-0.1, -0.05) is 69.9 Å². The number of allylic oxidation sites excluding steroid dienone is 2. The molecule has 0 bridgehead atoms. The molecule has 0 aliphatic heterocycles. The first kappa shape index (κ1) is 22.6. The average molecular weight is 329 g/mol. The Hall–Kier alpha value is -0.380. The maximum absolute atomic E-state index is 9.22. The predicted octanol–water partition coefficient (Wildman–Crippen LogP) is 4.74. The first-order valence-corrected chi connectivity index (χ1v) is 9.86. The molecule has 0 heterocycles. The van der Waals surface area contributed by atoms with Crippen LogP contribution >= 0.6 is 0 Å². The van der Waals surface area contributed by atoms with E-state index in [1.807, 2.05) is 0 Å². The maximum Gasteiger partial charge on any atom is 0.0770 e. The van der Waals surface area contributed by atoms with Gasteiger partial charge in [-0.15, -0.1) is 0 Å². The molecule has 0 aromatic heterocycles. The van der Waals surface area contributed by atoms with E-state index in [9.17, 15) is 5.11 Å². The zero-order valence-corrected chi connectivity index (χ0v) is 15.1. The Kier molecular flexibility index (Phi) is 19.3. The fraction of sp³-hybridized carbons (Fsp3) is 0.900. The van der Waals surface area contributed by atoms with Crippen LogP contribution in [-0.4, -0.2) is 34.6 Å². The lowest BCUT2D eigenvalue weighted by atomic mass is 10.1. The Bertz CT molecular complexity index is 241. The van der Waals surface area contributed by atoms with Crippen LogP contribution in [0.25, 0.3) is 0 Å². The van der Waals surface area contributed by atoms with Crippen LogP contribution in [0.1, 0.15) is 96.3 Å². The highest BCUT2D eigenvalue weighted by molar-refractivity contribution is 4.81. The highest BCUT2D eigenvalue weighted by atomic mass is 16.3. The van der Waals surface area contributed by atoms with Gasteiger partial charge in [-0.05, 0) is 38.5 Å². The second kappa shape index (κ2) is 19.7. The average Bonchev–Trinajstić information content (AvgIpc) is 2.57. The van der Waals surface area contributed by atoms with Gasteiger partial charge in [0.2, 0.25) is 0 Å². The zero-order valence-electron chi connectivity index (χ0n) is 15.1. The van der Waals surface area contributed by atoms with Gasteiger partial charge in [0.05, 0.1) is 12.7 Å². The molecular formula is C20H40O3. The quantitative estimate of drug-likeness (QED) is 0.251. The van der Waals surface area contributed by atoms with E-state index in [2.05, 4.69) is 12.2 Å². The topological polar surface area (TPSA) is 60.7 Å². The van der Waals surface area contributed by atoms with Crippen molar-refractivity contribution in [2.45, 2.75) is 102 Å². The molecule has 1 unspecified atom stereocenters. The van der Waals surface area contributed by atoms with E-state index in [-0.39, 0.29) is 6.61 Å². The number of aliphatic hydroxyl groups excluding tert-OH is 3. The minimum absolute atomic E-state index is 0.101. The van der Waals surface area contributed by atoms with Crippen LogP contribution in [0.2, 0.25) is 0 Å². The molecule has 0 rings (SSSR count). The van der Waals surface area contributed by atoms with Crippen LogP contribution < -0.4 is 0 Å². The fourth-order valence-corrected chi connectivity index (χ4v) is 2.76. The van der Waals surface area contributed by atoms with E-state index in [4.69, 9.17) is 10.2 Å². The molecule has 0 saturated heterocycles. The maximum atomic E-state index is 9.22. The van der Waals surface area contributed by atoms with Crippen LogP contribution in [0.3, 0.4) is 0 Å². The van der Waals surface area contributed by atoms with Gasteiger partial charge in [0, 0.05) is 6.61 Å². The van der Waals surface area contributed by atoms with Crippen LogP contribution in [0.4, 0.5) is 0 Å². The van der Waals surface area contributed by atoms with Crippen molar-refractivity contribution in [1.29, 1.82) is 0 Å². The predicted molar refractivity (Wildman–Crippen MR) is 98.6 cm³/mol. The SMILES string of the molecule is OCCCCCCCC/C=C\CCCCCCCCC(O)CO. The summed E-state index contributed by atoms with van der Waals surface area (Å²) in [6.45, 7) is 0.242. The van der Waals surface area contributed by atoms with Crippen molar-refractivity contribution < 1.29 is 15.3 Å². The van der Waals surface area contributed by atoms with Crippen molar-refractivity contribution in [3.05, 3.63) is 12.2 Å². The van der Waals surface area contributed by atoms with E-state index in [0.717, 1.165) is 19.3 Å². The molecular weight excluding hydrogens is 288 g/mol. The third-order valence-corrected chi connectivity index (χ3v) is 4.31. The summed E-state index contributed by atoms with van der Waals surface area (Å²) < 4.78 is 0. The third kappa shape index (κ3) is 19.6. The van der Waals surface area contributed by atoms with E-state index in [1.165, 1.54) is 77.0 Å². The van der Waals surface area contributed by atoms with Crippen LogP contribution in [-0.2, 0) is 0 Å². The summed E-state index contributed by atoms with van der Waals surface area (Å²) >= 11 is 0. The van der Waals surface area contributed by atoms with Gasteiger partial charge in [0.25, 0.3) is 0 Å². The summed E-state index contributed by atoms with van der Waals surface area (Å²) in [7, 11) is 0. The minimum Gasteiger partial charge on any atom is -0.396 e. The van der Waals surface area contributed by atoms with Gasteiger partial charge in [-0.2, -0.15) is 0 Å². The summed E-state index contributed by atoms with van der Waals surface area (Å²) in [5.41, 5.74) is 0. The number of aliphatic hydroxyl groups is 3.